The van der Waals surface area contributed by atoms with Crippen LogP contribution in [0.25, 0.3) is 0 Å². The van der Waals surface area contributed by atoms with Crippen molar-refractivity contribution in [1.29, 1.82) is 0 Å². The summed E-state index contributed by atoms with van der Waals surface area (Å²) in [7, 11) is -9.40. The first-order valence-corrected chi connectivity index (χ1v) is 10.8. The quantitative estimate of drug-likeness (QED) is 0.355. The fourth-order valence-electron chi connectivity index (χ4n) is 2.40. The maximum Gasteiger partial charge on any atom is 1.00 e. The van der Waals surface area contributed by atoms with Gasteiger partial charge in [-0.3, -0.25) is 0 Å². The molecule has 0 saturated heterocycles. The summed E-state index contributed by atoms with van der Waals surface area (Å²) >= 11 is 0. The average molecular weight is 446 g/mol. The van der Waals surface area contributed by atoms with Crippen molar-refractivity contribution in [1.82, 2.24) is 0 Å². The molecular formula is C17H15N2NaO7S2. The summed E-state index contributed by atoms with van der Waals surface area (Å²) in [5.74, 6) is 0.528. The number of hydrogen-bond acceptors (Lipinski definition) is 8. The van der Waals surface area contributed by atoms with Crippen LogP contribution in [0.5, 0.6) is 11.5 Å². The number of anilines is 1. The Kier molecular flexibility index (Phi) is 7.51. The normalized spacial score (nSPS) is 11.5. The molecule has 0 unspecified atom stereocenters. The van der Waals surface area contributed by atoms with E-state index in [-0.39, 0.29) is 47.5 Å². The number of ether oxygens (including phenoxy) is 1. The van der Waals surface area contributed by atoms with Gasteiger partial charge >= 0.3 is 29.6 Å². The van der Waals surface area contributed by atoms with Crippen LogP contribution in [-0.4, -0.2) is 21.4 Å². The summed E-state index contributed by atoms with van der Waals surface area (Å²) in [4.78, 5) is -1.40. The molecule has 0 radical (unpaired) electrons. The molecule has 0 fully saturated rings. The number of rotatable bonds is 7. The van der Waals surface area contributed by atoms with Gasteiger partial charge in [0.05, 0.1) is 23.4 Å². The third-order valence-corrected chi connectivity index (χ3v) is 5.43. The van der Waals surface area contributed by atoms with E-state index < -0.39 is 29.9 Å². The fraction of sp³-hybridized carbons (Fsp3) is 0.0588. The molecule has 9 nitrogen and oxygen atoms in total. The zero-order valence-electron chi connectivity index (χ0n) is 15.2. The van der Waals surface area contributed by atoms with Gasteiger partial charge in [0.1, 0.15) is 32.3 Å². The van der Waals surface area contributed by atoms with E-state index in [1.54, 1.807) is 42.5 Å². The van der Waals surface area contributed by atoms with Gasteiger partial charge in [-0.25, -0.2) is 22.0 Å². The largest absolute Gasteiger partial charge is 1.00 e. The van der Waals surface area contributed by atoms with Crippen LogP contribution in [-0.2, 0) is 26.7 Å². The van der Waals surface area contributed by atoms with Crippen LogP contribution in [0.4, 0.5) is 5.69 Å². The van der Waals surface area contributed by atoms with Gasteiger partial charge in [0.2, 0.25) is 10.0 Å². The fourth-order valence-corrected chi connectivity index (χ4v) is 3.80. The van der Waals surface area contributed by atoms with Gasteiger partial charge in [-0.2, -0.15) is 0 Å². The molecule has 0 aliphatic rings. The van der Waals surface area contributed by atoms with Gasteiger partial charge in [0.15, 0.2) is 0 Å². The monoisotopic (exact) mass is 446 g/mol. The number of nitrogens with two attached hydrogens (primary N) is 1. The molecule has 148 valence electrons. The van der Waals surface area contributed by atoms with Crippen LogP contribution >= 0.6 is 0 Å². The molecule has 2 aromatic carbocycles. The van der Waals surface area contributed by atoms with Crippen molar-refractivity contribution in [3.8, 4) is 11.5 Å². The van der Waals surface area contributed by atoms with Gasteiger partial charge < -0.3 is 19.0 Å². The summed E-state index contributed by atoms with van der Waals surface area (Å²) in [6.45, 7) is 0.0506. The van der Waals surface area contributed by atoms with Crippen molar-refractivity contribution >= 4 is 25.8 Å². The first-order valence-electron chi connectivity index (χ1n) is 7.80. The Morgan fingerprint density at radius 1 is 1.00 bits per heavy atom. The van der Waals surface area contributed by atoms with E-state index in [2.05, 4.69) is 5.32 Å². The van der Waals surface area contributed by atoms with Gasteiger partial charge in [-0.1, -0.05) is 18.2 Å². The van der Waals surface area contributed by atoms with E-state index >= 15 is 0 Å². The molecule has 0 saturated carbocycles. The Labute approximate surface area is 190 Å². The predicted molar refractivity (Wildman–Crippen MR) is 98.3 cm³/mol. The van der Waals surface area contributed by atoms with E-state index in [0.29, 0.717) is 17.6 Å². The van der Waals surface area contributed by atoms with Crippen LogP contribution < -0.4 is 44.7 Å². The summed E-state index contributed by atoms with van der Waals surface area (Å²) in [5.41, 5.74) is -0.148. The summed E-state index contributed by atoms with van der Waals surface area (Å²) in [6.07, 6.45) is 1.43. The molecule has 12 heteroatoms. The maximum absolute atomic E-state index is 11.9. The minimum atomic E-state index is -5.02. The minimum Gasteiger partial charge on any atom is -0.744 e. The van der Waals surface area contributed by atoms with E-state index in [1.807, 2.05) is 0 Å². The van der Waals surface area contributed by atoms with Crippen molar-refractivity contribution in [3.05, 3.63) is 66.6 Å². The number of benzene rings is 2. The summed E-state index contributed by atoms with van der Waals surface area (Å²) in [6, 6.07) is 13.3. The van der Waals surface area contributed by atoms with Crippen LogP contribution in [0.2, 0.25) is 0 Å². The van der Waals surface area contributed by atoms with Crippen molar-refractivity contribution in [2.45, 2.75) is 16.3 Å². The molecule has 0 bridgehead atoms. The Bertz CT molecular complexity index is 1180. The first-order chi connectivity index (χ1) is 13.1. The van der Waals surface area contributed by atoms with E-state index in [9.17, 15) is 21.4 Å². The first kappa shape index (κ1) is 23.4. The maximum atomic E-state index is 11.9. The second kappa shape index (κ2) is 9.30. The molecule has 1 aromatic heterocycles. The summed E-state index contributed by atoms with van der Waals surface area (Å²) < 4.78 is 69.6. The number of nitrogens with one attached hydrogen (secondary N) is 1. The molecule has 0 amide bonds. The second-order valence-electron chi connectivity index (χ2n) is 5.64. The Morgan fingerprint density at radius 2 is 1.69 bits per heavy atom. The molecule has 0 aliphatic heterocycles. The van der Waals surface area contributed by atoms with Gasteiger partial charge in [-0.05, 0) is 30.3 Å². The van der Waals surface area contributed by atoms with Crippen molar-refractivity contribution in [2.75, 3.05) is 5.32 Å². The smallest absolute Gasteiger partial charge is 0.744 e. The third kappa shape index (κ3) is 6.06. The van der Waals surface area contributed by atoms with Crippen LogP contribution in [0.15, 0.2) is 75.1 Å². The van der Waals surface area contributed by atoms with Gasteiger partial charge in [0.25, 0.3) is 0 Å². The molecule has 29 heavy (non-hydrogen) atoms. The topological polar surface area (TPSA) is 152 Å². The Hall–Kier alpha value is -1.86. The van der Waals surface area contributed by atoms with Crippen molar-refractivity contribution in [2.24, 2.45) is 5.14 Å². The standard InChI is InChI=1S/C17H16N2O7S2.Na/c18-27(20,21)17-10-16(28(22,23)24)14(19-11-13-7-4-8-25-13)9-15(17)26-12-5-2-1-3-6-12;/h1-10,19H,11H2,(H2,18,20,21)(H,22,23,24);/q;+1/p-1. The third-order valence-electron chi connectivity index (χ3n) is 3.63. The average Bonchev–Trinajstić information content (AvgIpc) is 3.12. The number of hydrogen-bond donors (Lipinski definition) is 2. The molecule has 1 heterocycles. The minimum absolute atomic E-state index is 0. The summed E-state index contributed by atoms with van der Waals surface area (Å²) in [5, 5.41) is 7.92. The van der Waals surface area contributed by atoms with Gasteiger partial charge in [0, 0.05) is 6.07 Å². The van der Waals surface area contributed by atoms with Gasteiger partial charge in [-0.15, -0.1) is 0 Å². The SMILES string of the molecule is NS(=O)(=O)c1cc(S(=O)(=O)[O-])c(NCc2ccco2)cc1Oc1ccccc1.[Na+]. The Morgan fingerprint density at radius 3 is 2.24 bits per heavy atom. The molecule has 3 rings (SSSR count). The van der Waals surface area contributed by atoms with Crippen LogP contribution in [0.1, 0.15) is 5.76 Å². The molecule has 0 aliphatic carbocycles. The van der Waals surface area contributed by atoms with Crippen LogP contribution in [0.3, 0.4) is 0 Å². The number of para-hydroxylation sites is 1. The molecular weight excluding hydrogens is 431 g/mol. The van der Waals surface area contributed by atoms with Crippen LogP contribution in [0, 0.1) is 0 Å². The zero-order chi connectivity index (χ0) is 20.4. The van der Waals surface area contributed by atoms with E-state index in [1.165, 1.54) is 6.26 Å². The van der Waals surface area contributed by atoms with Crippen molar-refractivity contribution < 1.29 is 60.1 Å². The number of sulfonamides is 1. The number of furan rings is 1. The number of primary sulfonamides is 1. The molecule has 3 N–H and O–H groups in total. The predicted octanol–water partition coefficient (Wildman–Crippen LogP) is -0.761. The molecule has 0 spiro atoms. The van der Waals surface area contributed by atoms with Crippen molar-refractivity contribution in [3.63, 3.8) is 0 Å². The van der Waals surface area contributed by atoms with E-state index in [4.69, 9.17) is 14.3 Å². The van der Waals surface area contributed by atoms with E-state index in [0.717, 1.165) is 6.07 Å². The Balaban J connectivity index is 0.00000300. The second-order valence-corrected chi connectivity index (χ2v) is 8.52. The molecule has 3 aromatic rings. The molecule has 0 atom stereocenters. The zero-order valence-corrected chi connectivity index (χ0v) is 18.9.